The molecule has 0 saturated carbocycles. The Balaban J connectivity index is 1.42. The second-order valence-corrected chi connectivity index (χ2v) is 7.71. The van der Waals surface area contributed by atoms with Gasteiger partial charge in [0, 0.05) is 26.1 Å². The van der Waals surface area contributed by atoms with Crippen molar-refractivity contribution >= 4 is 17.0 Å². The number of fused-ring (bicyclic) bond motifs is 1. The highest BCUT2D eigenvalue weighted by atomic mass is 16.3. The maximum absolute atomic E-state index is 13.0. The van der Waals surface area contributed by atoms with Crippen LogP contribution < -0.4 is 0 Å². The van der Waals surface area contributed by atoms with E-state index in [0.29, 0.717) is 6.54 Å². The second kappa shape index (κ2) is 8.15. The molecule has 1 aromatic heterocycles. The molecule has 1 aliphatic rings. The minimum Gasteiger partial charge on any atom is -0.440 e. The van der Waals surface area contributed by atoms with E-state index in [9.17, 15) is 4.79 Å². The van der Waals surface area contributed by atoms with Gasteiger partial charge in [-0.05, 0) is 44.0 Å². The minimum absolute atomic E-state index is 0.152. The molecular formula is C23H27N3O2. The summed E-state index contributed by atoms with van der Waals surface area (Å²) in [6, 6.07) is 17.8. The number of benzene rings is 2. The number of para-hydroxylation sites is 2. The van der Waals surface area contributed by atoms with Crippen molar-refractivity contribution in [1.29, 1.82) is 0 Å². The number of likely N-dealkylation sites (tertiary alicyclic amines) is 1. The van der Waals surface area contributed by atoms with Crippen molar-refractivity contribution in [3.05, 3.63) is 66.1 Å². The molecule has 146 valence electrons. The van der Waals surface area contributed by atoms with Gasteiger partial charge in [0.1, 0.15) is 5.52 Å². The Labute approximate surface area is 166 Å². The molecule has 5 nitrogen and oxygen atoms in total. The first-order valence-corrected chi connectivity index (χ1v) is 10.0. The molecule has 0 spiro atoms. The summed E-state index contributed by atoms with van der Waals surface area (Å²) >= 11 is 0. The van der Waals surface area contributed by atoms with Crippen molar-refractivity contribution in [3.63, 3.8) is 0 Å². The summed E-state index contributed by atoms with van der Waals surface area (Å²) in [7, 11) is 1.88. The average molecular weight is 377 g/mol. The van der Waals surface area contributed by atoms with Gasteiger partial charge in [0.25, 0.3) is 0 Å². The Morgan fingerprint density at radius 1 is 1.21 bits per heavy atom. The van der Waals surface area contributed by atoms with Gasteiger partial charge in [0.05, 0.1) is 6.04 Å². The summed E-state index contributed by atoms with van der Waals surface area (Å²) in [5, 5.41) is 0. The van der Waals surface area contributed by atoms with Gasteiger partial charge in [0.2, 0.25) is 5.91 Å². The molecule has 1 saturated heterocycles. The van der Waals surface area contributed by atoms with Crippen LogP contribution in [0.1, 0.15) is 37.1 Å². The Morgan fingerprint density at radius 2 is 1.96 bits per heavy atom. The Morgan fingerprint density at radius 3 is 2.75 bits per heavy atom. The van der Waals surface area contributed by atoms with Crippen LogP contribution in [-0.4, -0.2) is 46.9 Å². The lowest BCUT2D eigenvalue weighted by Crippen LogP contribution is -2.49. The van der Waals surface area contributed by atoms with Crippen molar-refractivity contribution in [3.8, 4) is 0 Å². The molecule has 2 unspecified atom stereocenters. The van der Waals surface area contributed by atoms with Crippen molar-refractivity contribution in [2.24, 2.45) is 0 Å². The molecule has 0 bridgehead atoms. The zero-order valence-corrected chi connectivity index (χ0v) is 16.5. The number of aromatic nitrogens is 1. The second-order valence-electron chi connectivity index (χ2n) is 7.71. The number of likely N-dealkylation sites (N-methyl/N-ethyl adjacent to an activating group) is 1. The van der Waals surface area contributed by atoms with Gasteiger partial charge in [0.15, 0.2) is 11.5 Å². The molecule has 2 atom stereocenters. The summed E-state index contributed by atoms with van der Waals surface area (Å²) in [6.45, 7) is 4.38. The van der Waals surface area contributed by atoms with Crippen LogP contribution in [0.15, 0.2) is 59.0 Å². The third-order valence-corrected chi connectivity index (χ3v) is 5.66. The van der Waals surface area contributed by atoms with E-state index in [1.54, 1.807) is 0 Å². The van der Waals surface area contributed by atoms with Crippen molar-refractivity contribution in [2.45, 2.75) is 38.3 Å². The summed E-state index contributed by atoms with van der Waals surface area (Å²) in [6.07, 6.45) is 2.09. The molecule has 4 rings (SSSR count). The lowest BCUT2D eigenvalue weighted by Gasteiger charge is -2.36. The highest BCUT2D eigenvalue weighted by Crippen LogP contribution is 2.30. The van der Waals surface area contributed by atoms with Gasteiger partial charge in [-0.25, -0.2) is 4.98 Å². The van der Waals surface area contributed by atoms with E-state index >= 15 is 0 Å². The molecule has 1 fully saturated rings. The van der Waals surface area contributed by atoms with E-state index in [-0.39, 0.29) is 17.9 Å². The van der Waals surface area contributed by atoms with E-state index in [1.807, 2.05) is 61.3 Å². The molecule has 1 aliphatic heterocycles. The van der Waals surface area contributed by atoms with E-state index in [1.165, 1.54) is 0 Å². The van der Waals surface area contributed by atoms with E-state index < -0.39 is 0 Å². The SMILES string of the molecule is CC(C(=O)N(C)Cc1ccccc1)N1CCCC(c2nc3ccccc3o2)C1. The molecule has 5 heteroatoms. The summed E-state index contributed by atoms with van der Waals surface area (Å²) in [4.78, 5) is 21.7. The molecule has 0 radical (unpaired) electrons. The normalized spacial score (nSPS) is 18.9. The van der Waals surface area contributed by atoms with Crippen LogP contribution in [-0.2, 0) is 11.3 Å². The first kappa shape index (κ1) is 18.7. The maximum Gasteiger partial charge on any atom is 0.239 e. The number of carbonyl (C=O) groups is 1. The summed E-state index contributed by atoms with van der Waals surface area (Å²) < 4.78 is 5.99. The number of nitrogens with zero attached hydrogens (tertiary/aromatic N) is 3. The fraction of sp³-hybridized carbons (Fsp3) is 0.391. The fourth-order valence-corrected chi connectivity index (χ4v) is 4.03. The third kappa shape index (κ3) is 3.94. The molecule has 28 heavy (non-hydrogen) atoms. The largest absolute Gasteiger partial charge is 0.440 e. The first-order chi connectivity index (χ1) is 13.6. The number of amides is 1. The van der Waals surface area contributed by atoms with E-state index in [2.05, 4.69) is 22.0 Å². The lowest BCUT2D eigenvalue weighted by molar-refractivity contribution is -0.136. The van der Waals surface area contributed by atoms with Crippen LogP contribution >= 0.6 is 0 Å². The average Bonchev–Trinajstić information content (AvgIpc) is 3.18. The number of hydrogen-bond acceptors (Lipinski definition) is 4. The van der Waals surface area contributed by atoms with Gasteiger partial charge in [-0.15, -0.1) is 0 Å². The summed E-state index contributed by atoms with van der Waals surface area (Å²) in [5.74, 6) is 1.18. The van der Waals surface area contributed by atoms with Gasteiger partial charge in [-0.2, -0.15) is 0 Å². The van der Waals surface area contributed by atoms with Crippen LogP contribution in [0.25, 0.3) is 11.1 Å². The molecular weight excluding hydrogens is 350 g/mol. The number of rotatable bonds is 5. The number of hydrogen-bond donors (Lipinski definition) is 0. The highest BCUT2D eigenvalue weighted by molar-refractivity contribution is 5.81. The van der Waals surface area contributed by atoms with Crippen molar-refractivity contribution < 1.29 is 9.21 Å². The quantitative estimate of drug-likeness (QED) is 0.673. The molecule has 2 heterocycles. The molecule has 0 aliphatic carbocycles. The van der Waals surface area contributed by atoms with E-state index in [4.69, 9.17) is 4.42 Å². The lowest BCUT2D eigenvalue weighted by atomic mass is 9.96. The van der Waals surface area contributed by atoms with Gasteiger partial charge in [-0.3, -0.25) is 9.69 Å². The van der Waals surface area contributed by atoms with Crippen molar-refractivity contribution in [2.75, 3.05) is 20.1 Å². The third-order valence-electron chi connectivity index (χ3n) is 5.66. The molecule has 3 aromatic rings. The number of piperidine rings is 1. The van der Waals surface area contributed by atoms with Crippen molar-refractivity contribution in [1.82, 2.24) is 14.8 Å². The standard InChI is InChI=1S/C23H27N3O2/c1-17(23(27)25(2)15-18-9-4-3-5-10-18)26-14-8-11-19(16-26)22-24-20-12-6-7-13-21(20)28-22/h3-7,9-10,12-13,17,19H,8,11,14-16H2,1-2H3. The van der Waals surface area contributed by atoms with Gasteiger partial charge >= 0.3 is 0 Å². The molecule has 0 N–H and O–H groups in total. The topological polar surface area (TPSA) is 49.6 Å². The molecule has 2 aromatic carbocycles. The Bertz CT molecular complexity index is 904. The van der Waals surface area contributed by atoms with E-state index in [0.717, 1.165) is 48.5 Å². The van der Waals surface area contributed by atoms with Crippen LogP contribution in [0, 0.1) is 0 Å². The monoisotopic (exact) mass is 377 g/mol. The highest BCUT2D eigenvalue weighted by Gasteiger charge is 2.31. The predicted octanol–water partition coefficient (Wildman–Crippen LogP) is 4.05. The smallest absolute Gasteiger partial charge is 0.239 e. The van der Waals surface area contributed by atoms with Crippen LogP contribution in [0.2, 0.25) is 0 Å². The predicted molar refractivity (Wildman–Crippen MR) is 110 cm³/mol. The maximum atomic E-state index is 13.0. The minimum atomic E-state index is -0.152. The van der Waals surface area contributed by atoms with Gasteiger partial charge in [-0.1, -0.05) is 42.5 Å². The Hall–Kier alpha value is -2.66. The number of carbonyl (C=O) groups excluding carboxylic acids is 1. The summed E-state index contributed by atoms with van der Waals surface area (Å²) in [5.41, 5.74) is 2.89. The van der Waals surface area contributed by atoms with Crippen LogP contribution in [0.3, 0.4) is 0 Å². The van der Waals surface area contributed by atoms with Gasteiger partial charge < -0.3 is 9.32 Å². The zero-order valence-electron chi connectivity index (χ0n) is 16.5. The number of oxazole rings is 1. The Kier molecular flexibility index (Phi) is 5.44. The fourth-order valence-electron chi connectivity index (χ4n) is 4.03. The van der Waals surface area contributed by atoms with Crippen LogP contribution in [0.4, 0.5) is 0 Å². The first-order valence-electron chi connectivity index (χ1n) is 10.0. The molecule has 1 amide bonds. The zero-order chi connectivity index (χ0) is 19.5. The van der Waals surface area contributed by atoms with Crippen LogP contribution in [0.5, 0.6) is 0 Å².